The normalized spacial score (nSPS) is 22.6. The molecule has 0 saturated carbocycles. The first-order valence-electron chi connectivity index (χ1n) is 9.91. The van der Waals surface area contributed by atoms with Gasteiger partial charge in [0.25, 0.3) is 0 Å². The molecule has 1 N–H and O–H groups in total. The van der Waals surface area contributed by atoms with Crippen molar-refractivity contribution in [2.24, 2.45) is 5.92 Å². The highest BCUT2D eigenvalue weighted by Gasteiger charge is 2.37. The maximum Gasteiger partial charge on any atom is 0.227 e. The van der Waals surface area contributed by atoms with Crippen LogP contribution >= 0.6 is 0 Å². The van der Waals surface area contributed by atoms with Crippen molar-refractivity contribution in [2.75, 3.05) is 31.3 Å². The van der Waals surface area contributed by atoms with Gasteiger partial charge in [-0.2, -0.15) is 0 Å². The Kier molecular flexibility index (Phi) is 4.50. The van der Waals surface area contributed by atoms with Crippen LogP contribution in [0.4, 0.5) is 5.69 Å². The fourth-order valence-corrected chi connectivity index (χ4v) is 4.11. The zero-order chi connectivity index (χ0) is 19.8. The second kappa shape index (κ2) is 7.31. The van der Waals surface area contributed by atoms with Gasteiger partial charge in [0, 0.05) is 36.7 Å². The summed E-state index contributed by atoms with van der Waals surface area (Å²) in [6, 6.07) is 13.1. The Morgan fingerprint density at radius 1 is 0.966 bits per heavy atom. The quantitative estimate of drug-likeness (QED) is 0.865. The molecule has 0 spiro atoms. The van der Waals surface area contributed by atoms with Crippen LogP contribution in [0.1, 0.15) is 24.4 Å². The van der Waals surface area contributed by atoms with E-state index in [1.807, 2.05) is 36.4 Å². The van der Waals surface area contributed by atoms with Crippen LogP contribution in [0.2, 0.25) is 0 Å². The van der Waals surface area contributed by atoms with Crippen LogP contribution in [0.5, 0.6) is 17.2 Å². The van der Waals surface area contributed by atoms with E-state index in [-0.39, 0.29) is 30.2 Å². The molecule has 0 unspecified atom stereocenters. The zero-order valence-electron chi connectivity index (χ0n) is 15.9. The van der Waals surface area contributed by atoms with Gasteiger partial charge in [0.05, 0.1) is 18.6 Å². The summed E-state index contributed by atoms with van der Waals surface area (Å²) in [7, 11) is 0. The second-order valence-corrected chi connectivity index (χ2v) is 7.47. The molecule has 29 heavy (non-hydrogen) atoms. The molecular weight excluding hydrogens is 372 g/mol. The highest BCUT2D eigenvalue weighted by atomic mass is 16.6. The van der Waals surface area contributed by atoms with Crippen molar-refractivity contribution in [1.29, 1.82) is 0 Å². The van der Waals surface area contributed by atoms with Gasteiger partial charge in [-0.15, -0.1) is 0 Å². The van der Waals surface area contributed by atoms with Crippen molar-refractivity contribution in [2.45, 2.75) is 18.9 Å². The predicted molar refractivity (Wildman–Crippen MR) is 105 cm³/mol. The van der Waals surface area contributed by atoms with E-state index in [9.17, 15) is 9.59 Å². The minimum Gasteiger partial charge on any atom is -0.493 e. The van der Waals surface area contributed by atoms with Crippen LogP contribution in [0, 0.1) is 5.92 Å². The Bertz CT molecular complexity index is 960. The number of ether oxygens (including phenoxy) is 3. The molecule has 7 heteroatoms. The van der Waals surface area contributed by atoms with Crippen LogP contribution < -0.4 is 24.4 Å². The van der Waals surface area contributed by atoms with Crippen LogP contribution in [0.3, 0.4) is 0 Å². The lowest BCUT2D eigenvalue weighted by Crippen LogP contribution is -2.37. The highest BCUT2D eigenvalue weighted by molar-refractivity contribution is 6.00. The highest BCUT2D eigenvalue weighted by Crippen LogP contribution is 2.36. The number of carbonyl (C=O) groups excluding carboxylic acids is 2. The van der Waals surface area contributed by atoms with E-state index in [0.717, 1.165) is 23.4 Å². The molecule has 0 radical (unpaired) electrons. The van der Waals surface area contributed by atoms with Gasteiger partial charge >= 0.3 is 0 Å². The summed E-state index contributed by atoms with van der Waals surface area (Å²) in [6.45, 7) is 1.93. The Morgan fingerprint density at radius 3 is 2.66 bits per heavy atom. The number of anilines is 1. The standard InChI is InChI=1S/C22H22N2O5/c25-21-11-14(13-24(21)15-5-6-19-20(12-15)29-10-9-28-19)22(26)23-17-7-8-27-18-4-2-1-3-16(17)18/h1-6,12,14,17H,7-11,13H2,(H,23,26)/t14-,17-/m0/s1. The molecule has 1 fully saturated rings. The number of nitrogens with one attached hydrogen (secondary N) is 1. The van der Waals surface area contributed by atoms with E-state index in [4.69, 9.17) is 14.2 Å². The van der Waals surface area contributed by atoms with Gasteiger partial charge in [-0.25, -0.2) is 0 Å². The van der Waals surface area contributed by atoms with Crippen LogP contribution in [-0.4, -0.2) is 38.2 Å². The molecule has 2 amide bonds. The number of hydrogen-bond donors (Lipinski definition) is 1. The number of rotatable bonds is 3. The molecule has 0 bridgehead atoms. The van der Waals surface area contributed by atoms with Crippen molar-refractivity contribution in [3.05, 3.63) is 48.0 Å². The van der Waals surface area contributed by atoms with Gasteiger partial charge < -0.3 is 24.4 Å². The molecule has 5 rings (SSSR count). The van der Waals surface area contributed by atoms with Gasteiger partial charge in [-0.05, 0) is 18.2 Å². The number of amides is 2. The topological polar surface area (TPSA) is 77.1 Å². The summed E-state index contributed by atoms with van der Waals surface area (Å²) in [5, 5.41) is 3.12. The number of benzene rings is 2. The Hall–Kier alpha value is -3.22. The lowest BCUT2D eigenvalue weighted by Gasteiger charge is -2.27. The summed E-state index contributed by atoms with van der Waals surface area (Å²) in [6.07, 6.45) is 0.917. The Labute approximate surface area is 168 Å². The third-order valence-electron chi connectivity index (χ3n) is 5.61. The van der Waals surface area contributed by atoms with E-state index in [0.29, 0.717) is 37.9 Å². The molecule has 2 aromatic rings. The Balaban J connectivity index is 1.29. The third-order valence-corrected chi connectivity index (χ3v) is 5.61. The van der Waals surface area contributed by atoms with Gasteiger partial charge in [0.1, 0.15) is 19.0 Å². The van der Waals surface area contributed by atoms with Crippen LogP contribution in [-0.2, 0) is 9.59 Å². The Morgan fingerprint density at radius 2 is 1.76 bits per heavy atom. The average molecular weight is 394 g/mol. The molecule has 0 aromatic heterocycles. The first-order valence-corrected chi connectivity index (χ1v) is 9.91. The lowest BCUT2D eigenvalue weighted by molar-refractivity contribution is -0.127. The number of nitrogens with zero attached hydrogens (tertiary/aromatic N) is 1. The van der Waals surface area contributed by atoms with Gasteiger partial charge in [-0.3, -0.25) is 9.59 Å². The van der Waals surface area contributed by atoms with E-state index in [1.165, 1.54) is 0 Å². The van der Waals surface area contributed by atoms with Crippen molar-refractivity contribution < 1.29 is 23.8 Å². The minimum atomic E-state index is -0.384. The number of hydrogen-bond acceptors (Lipinski definition) is 5. The van der Waals surface area contributed by atoms with E-state index in [2.05, 4.69) is 5.32 Å². The minimum absolute atomic E-state index is 0.0609. The number of fused-ring (bicyclic) bond motifs is 2. The summed E-state index contributed by atoms with van der Waals surface area (Å²) >= 11 is 0. The smallest absolute Gasteiger partial charge is 0.227 e. The monoisotopic (exact) mass is 394 g/mol. The molecule has 7 nitrogen and oxygen atoms in total. The molecule has 2 atom stereocenters. The molecule has 3 heterocycles. The maximum absolute atomic E-state index is 12.9. The maximum atomic E-state index is 12.9. The van der Waals surface area contributed by atoms with E-state index < -0.39 is 0 Å². The van der Waals surface area contributed by atoms with Crippen LogP contribution in [0.25, 0.3) is 0 Å². The van der Waals surface area contributed by atoms with Gasteiger partial charge in [0.2, 0.25) is 11.8 Å². The predicted octanol–water partition coefficient (Wildman–Crippen LogP) is 2.45. The van der Waals surface area contributed by atoms with Crippen molar-refractivity contribution in [3.8, 4) is 17.2 Å². The molecular formula is C22H22N2O5. The second-order valence-electron chi connectivity index (χ2n) is 7.47. The molecule has 150 valence electrons. The summed E-state index contributed by atoms with van der Waals surface area (Å²) < 4.78 is 16.8. The fourth-order valence-electron chi connectivity index (χ4n) is 4.11. The molecule has 3 aliphatic rings. The SMILES string of the molecule is O=C(N[C@H]1CCOc2ccccc21)[C@H]1CC(=O)N(c2ccc3c(c2)OCCO3)C1. The average Bonchev–Trinajstić information content (AvgIpc) is 3.15. The number of para-hydroxylation sites is 1. The molecule has 1 saturated heterocycles. The summed E-state index contributed by atoms with van der Waals surface area (Å²) in [5.41, 5.74) is 1.71. The largest absolute Gasteiger partial charge is 0.493 e. The van der Waals surface area contributed by atoms with E-state index in [1.54, 1.807) is 11.0 Å². The molecule has 0 aliphatic carbocycles. The molecule has 2 aromatic carbocycles. The van der Waals surface area contributed by atoms with Crippen molar-refractivity contribution in [3.63, 3.8) is 0 Å². The summed E-state index contributed by atoms with van der Waals surface area (Å²) in [4.78, 5) is 27.2. The van der Waals surface area contributed by atoms with Gasteiger partial charge in [0.15, 0.2) is 11.5 Å². The zero-order valence-corrected chi connectivity index (χ0v) is 15.9. The van der Waals surface area contributed by atoms with Gasteiger partial charge in [-0.1, -0.05) is 18.2 Å². The first kappa shape index (κ1) is 17.8. The van der Waals surface area contributed by atoms with Crippen molar-refractivity contribution in [1.82, 2.24) is 5.32 Å². The lowest BCUT2D eigenvalue weighted by atomic mass is 9.99. The third kappa shape index (κ3) is 3.37. The summed E-state index contributed by atoms with van der Waals surface area (Å²) in [5.74, 6) is 1.58. The van der Waals surface area contributed by atoms with Crippen molar-refractivity contribution >= 4 is 17.5 Å². The molecule has 3 aliphatic heterocycles. The number of carbonyl (C=O) groups is 2. The van der Waals surface area contributed by atoms with E-state index >= 15 is 0 Å². The first-order chi connectivity index (χ1) is 14.2. The fraction of sp³-hybridized carbons (Fsp3) is 0.364. The van der Waals surface area contributed by atoms with Crippen LogP contribution in [0.15, 0.2) is 42.5 Å².